The second-order valence-electron chi connectivity index (χ2n) is 8.62. The average Bonchev–Trinajstić information content (AvgIpc) is 2.83. The van der Waals surface area contributed by atoms with Crippen LogP contribution in [0.25, 0.3) is 0 Å². The Kier molecular flexibility index (Phi) is 5.97. The molecule has 1 aromatic carbocycles. The van der Waals surface area contributed by atoms with Gasteiger partial charge in [-0.3, -0.25) is 4.79 Å². The van der Waals surface area contributed by atoms with Crippen molar-refractivity contribution in [1.82, 2.24) is 4.90 Å². The van der Waals surface area contributed by atoms with E-state index in [1.165, 1.54) is 5.56 Å². The molecule has 1 heterocycles. The zero-order valence-electron chi connectivity index (χ0n) is 16.1. The molecule has 1 unspecified atom stereocenters. The Morgan fingerprint density at radius 1 is 1.20 bits per heavy atom. The lowest BCUT2D eigenvalue weighted by molar-refractivity contribution is -0.134. The lowest BCUT2D eigenvalue weighted by Crippen LogP contribution is -2.41. The van der Waals surface area contributed by atoms with Crippen LogP contribution in [0.15, 0.2) is 24.3 Å². The molecular formula is C20H31NO3S. The lowest BCUT2D eigenvalue weighted by atomic mass is 9.86. The molecule has 0 saturated carbocycles. The number of hydrogen-bond acceptors (Lipinski definition) is 3. The van der Waals surface area contributed by atoms with Crippen molar-refractivity contribution in [3.8, 4) is 0 Å². The summed E-state index contributed by atoms with van der Waals surface area (Å²) in [5.74, 6) is 0.594. The molecule has 0 spiro atoms. The van der Waals surface area contributed by atoms with Gasteiger partial charge in [0.1, 0.15) is 0 Å². The standard InChI is InChI=1S/C20H31NO3S/c1-15(2)12-19(22)21(18-10-11-25(23,24)14-18)13-16-6-8-17(9-7-16)20(3,4)5/h6-9,15,18H,10-14H2,1-5H3. The van der Waals surface area contributed by atoms with Gasteiger partial charge < -0.3 is 4.90 Å². The Balaban J connectivity index is 2.19. The smallest absolute Gasteiger partial charge is 0.223 e. The van der Waals surface area contributed by atoms with Crippen LogP contribution in [-0.2, 0) is 26.6 Å². The molecule has 0 radical (unpaired) electrons. The number of nitrogens with zero attached hydrogens (tertiary/aromatic N) is 1. The summed E-state index contributed by atoms with van der Waals surface area (Å²) in [5.41, 5.74) is 2.39. The zero-order valence-corrected chi connectivity index (χ0v) is 16.9. The quantitative estimate of drug-likeness (QED) is 0.802. The van der Waals surface area contributed by atoms with Gasteiger partial charge in [0.15, 0.2) is 9.84 Å². The fourth-order valence-electron chi connectivity index (χ4n) is 3.22. The first kappa shape index (κ1) is 20.0. The third-order valence-electron chi connectivity index (χ3n) is 4.73. The maximum absolute atomic E-state index is 12.7. The van der Waals surface area contributed by atoms with Crippen molar-refractivity contribution < 1.29 is 13.2 Å². The highest BCUT2D eigenvalue weighted by Crippen LogP contribution is 2.25. The highest BCUT2D eigenvalue weighted by Gasteiger charge is 2.34. The summed E-state index contributed by atoms with van der Waals surface area (Å²) in [5, 5.41) is 0. The van der Waals surface area contributed by atoms with E-state index in [-0.39, 0.29) is 34.8 Å². The van der Waals surface area contributed by atoms with Gasteiger partial charge in [0.25, 0.3) is 0 Å². The third-order valence-corrected chi connectivity index (χ3v) is 6.48. The van der Waals surface area contributed by atoms with Crippen molar-refractivity contribution in [2.45, 2.75) is 65.5 Å². The maximum atomic E-state index is 12.7. The molecule has 2 rings (SSSR count). The molecule has 4 nitrogen and oxygen atoms in total. The maximum Gasteiger partial charge on any atom is 0.223 e. The molecule has 25 heavy (non-hydrogen) atoms. The van der Waals surface area contributed by atoms with Crippen LogP contribution in [0.4, 0.5) is 0 Å². The predicted octanol–water partition coefficient (Wildman–Crippen LogP) is 3.55. The average molecular weight is 366 g/mol. The Hall–Kier alpha value is -1.36. The summed E-state index contributed by atoms with van der Waals surface area (Å²) >= 11 is 0. The third kappa shape index (κ3) is 5.56. The minimum absolute atomic E-state index is 0.0528. The number of rotatable bonds is 5. The van der Waals surface area contributed by atoms with Crippen LogP contribution < -0.4 is 0 Å². The van der Waals surface area contributed by atoms with Gasteiger partial charge in [0, 0.05) is 19.0 Å². The topological polar surface area (TPSA) is 54.5 Å². The van der Waals surface area contributed by atoms with Crippen LogP contribution >= 0.6 is 0 Å². The van der Waals surface area contributed by atoms with Crippen LogP contribution in [0.2, 0.25) is 0 Å². The Bertz CT molecular complexity index is 699. The molecule has 1 aliphatic heterocycles. The monoisotopic (exact) mass is 365 g/mol. The summed E-state index contributed by atoms with van der Waals surface area (Å²) in [6.07, 6.45) is 1.00. The SMILES string of the molecule is CC(C)CC(=O)N(Cc1ccc(C(C)(C)C)cc1)C1CCS(=O)(=O)C1. The molecule has 1 amide bonds. The molecule has 0 aliphatic carbocycles. The molecule has 1 fully saturated rings. The van der Waals surface area contributed by atoms with E-state index in [0.717, 1.165) is 5.56 Å². The van der Waals surface area contributed by atoms with Crippen molar-refractivity contribution in [3.05, 3.63) is 35.4 Å². The highest BCUT2D eigenvalue weighted by atomic mass is 32.2. The van der Waals surface area contributed by atoms with Crippen LogP contribution in [-0.4, -0.2) is 36.8 Å². The van der Waals surface area contributed by atoms with E-state index in [0.29, 0.717) is 19.4 Å². The van der Waals surface area contributed by atoms with E-state index in [2.05, 4.69) is 45.0 Å². The predicted molar refractivity (Wildman–Crippen MR) is 102 cm³/mol. The Morgan fingerprint density at radius 3 is 2.24 bits per heavy atom. The van der Waals surface area contributed by atoms with Crippen LogP contribution in [0.5, 0.6) is 0 Å². The van der Waals surface area contributed by atoms with Gasteiger partial charge in [-0.15, -0.1) is 0 Å². The molecule has 1 aromatic rings. The molecule has 1 saturated heterocycles. The Labute approximate surface area is 152 Å². The normalized spacial score (nSPS) is 20.0. The molecule has 5 heteroatoms. The lowest BCUT2D eigenvalue weighted by Gasteiger charge is -2.29. The van der Waals surface area contributed by atoms with E-state index in [1.807, 2.05) is 13.8 Å². The minimum Gasteiger partial charge on any atom is -0.334 e. The van der Waals surface area contributed by atoms with Gasteiger partial charge >= 0.3 is 0 Å². The molecule has 1 atom stereocenters. The summed E-state index contributed by atoms with van der Waals surface area (Å²) in [6.45, 7) is 11.0. The molecule has 0 bridgehead atoms. The van der Waals surface area contributed by atoms with Crippen molar-refractivity contribution in [3.63, 3.8) is 0 Å². The van der Waals surface area contributed by atoms with Gasteiger partial charge in [-0.05, 0) is 28.9 Å². The molecule has 1 aliphatic rings. The van der Waals surface area contributed by atoms with Gasteiger partial charge in [0.05, 0.1) is 11.5 Å². The van der Waals surface area contributed by atoms with Gasteiger partial charge in [-0.1, -0.05) is 58.9 Å². The number of sulfone groups is 1. The first-order valence-electron chi connectivity index (χ1n) is 9.07. The second-order valence-corrected chi connectivity index (χ2v) is 10.9. The Morgan fingerprint density at radius 2 is 1.80 bits per heavy atom. The summed E-state index contributed by atoms with van der Waals surface area (Å²) in [7, 11) is -3.01. The minimum atomic E-state index is -3.01. The number of benzene rings is 1. The van der Waals surface area contributed by atoms with E-state index in [9.17, 15) is 13.2 Å². The largest absolute Gasteiger partial charge is 0.334 e. The van der Waals surface area contributed by atoms with Crippen LogP contribution in [0, 0.1) is 5.92 Å². The van der Waals surface area contributed by atoms with Gasteiger partial charge in [0.2, 0.25) is 5.91 Å². The fourth-order valence-corrected chi connectivity index (χ4v) is 4.95. The summed E-state index contributed by atoms with van der Waals surface area (Å²) in [4.78, 5) is 14.5. The van der Waals surface area contributed by atoms with Gasteiger partial charge in [-0.2, -0.15) is 0 Å². The second kappa shape index (κ2) is 7.48. The van der Waals surface area contributed by atoms with Crippen molar-refractivity contribution in [1.29, 1.82) is 0 Å². The van der Waals surface area contributed by atoms with E-state index < -0.39 is 9.84 Å². The fraction of sp³-hybridized carbons (Fsp3) is 0.650. The first-order chi connectivity index (χ1) is 11.5. The molecular weight excluding hydrogens is 334 g/mol. The summed E-state index contributed by atoms with van der Waals surface area (Å²) < 4.78 is 23.7. The molecule has 140 valence electrons. The number of carbonyl (C=O) groups excluding carboxylic acids is 1. The number of hydrogen-bond donors (Lipinski definition) is 0. The van der Waals surface area contributed by atoms with Crippen molar-refractivity contribution in [2.24, 2.45) is 5.92 Å². The first-order valence-corrected chi connectivity index (χ1v) is 10.9. The highest BCUT2D eigenvalue weighted by molar-refractivity contribution is 7.91. The zero-order chi connectivity index (χ0) is 18.8. The molecule has 0 aromatic heterocycles. The van der Waals surface area contributed by atoms with E-state index >= 15 is 0 Å². The van der Waals surface area contributed by atoms with Crippen molar-refractivity contribution in [2.75, 3.05) is 11.5 Å². The van der Waals surface area contributed by atoms with Crippen molar-refractivity contribution >= 4 is 15.7 Å². The van der Waals surface area contributed by atoms with Crippen LogP contribution in [0.1, 0.15) is 58.6 Å². The van der Waals surface area contributed by atoms with E-state index in [1.54, 1.807) is 4.90 Å². The number of amides is 1. The van der Waals surface area contributed by atoms with Crippen LogP contribution in [0.3, 0.4) is 0 Å². The van der Waals surface area contributed by atoms with Gasteiger partial charge in [-0.25, -0.2) is 8.42 Å². The molecule has 0 N–H and O–H groups in total. The van der Waals surface area contributed by atoms with E-state index in [4.69, 9.17) is 0 Å². The summed E-state index contributed by atoms with van der Waals surface area (Å²) in [6, 6.07) is 8.12. The number of carbonyl (C=O) groups is 1.